The number of rotatable bonds is 3. The fraction of sp³-hybridized carbons (Fsp3) is 0. The summed E-state index contributed by atoms with van der Waals surface area (Å²) in [6.07, 6.45) is 0. The van der Waals surface area contributed by atoms with E-state index in [0.29, 0.717) is 0 Å². The van der Waals surface area contributed by atoms with Crippen molar-refractivity contribution >= 4 is 55.1 Å². The highest BCUT2D eigenvalue weighted by atomic mass is 32.2. The number of fused-ring (bicyclic) bond motifs is 7. The van der Waals surface area contributed by atoms with Gasteiger partial charge in [0.25, 0.3) is 0 Å². The largest absolute Gasteiger partial charge is 0.309 e. The van der Waals surface area contributed by atoms with E-state index >= 15 is 0 Å². The molecule has 2 heterocycles. The zero-order valence-corrected chi connectivity index (χ0v) is 25.8. The van der Waals surface area contributed by atoms with Crippen LogP contribution in [0.15, 0.2) is 174 Å². The molecule has 0 N–H and O–H groups in total. The van der Waals surface area contributed by atoms with E-state index in [9.17, 15) is 0 Å². The second-order valence-corrected chi connectivity index (χ2v) is 13.2. The molecule has 1 aliphatic heterocycles. The first-order valence-corrected chi connectivity index (χ1v) is 16.6. The van der Waals surface area contributed by atoms with E-state index in [2.05, 4.69) is 168 Å². The topological polar surface area (TPSA) is 4.93 Å². The lowest BCUT2D eigenvalue weighted by Gasteiger charge is -2.21. The van der Waals surface area contributed by atoms with Gasteiger partial charge in [-0.15, -0.1) is 0 Å². The van der Waals surface area contributed by atoms with E-state index in [0.717, 1.165) is 0 Å². The normalized spacial score (nSPS) is 12.3. The van der Waals surface area contributed by atoms with Gasteiger partial charge in [-0.2, -0.15) is 0 Å². The summed E-state index contributed by atoms with van der Waals surface area (Å²) in [5.74, 6) is 0. The minimum atomic E-state index is 1.18. The van der Waals surface area contributed by atoms with E-state index < -0.39 is 0 Å². The zero-order chi connectivity index (χ0) is 30.2. The monoisotopic (exact) mass is 601 g/mol. The lowest BCUT2D eigenvalue weighted by molar-refractivity contribution is 1.19. The number of hydrogen-bond donors (Lipinski definition) is 0. The lowest BCUT2D eigenvalue weighted by Crippen LogP contribution is -1.94. The number of hydrogen-bond acceptors (Lipinski definition) is 1. The molecule has 9 aromatic rings. The third-order valence-corrected chi connectivity index (χ3v) is 10.7. The Balaban J connectivity index is 1.08. The zero-order valence-electron chi connectivity index (χ0n) is 24.9. The van der Waals surface area contributed by atoms with Crippen molar-refractivity contribution in [3.05, 3.63) is 164 Å². The summed E-state index contributed by atoms with van der Waals surface area (Å²) in [5, 5.41) is 7.75. The second kappa shape index (κ2) is 9.97. The summed E-state index contributed by atoms with van der Waals surface area (Å²) in [6.45, 7) is 0. The standard InChI is InChI=1S/C44H27NS/c1-2-11-34(12-3-1)45-40-24-21-32(26-38(40)37-23-20-30-8-4-5-13-35(30)44(37)45)28-16-18-29(19-17-28)33-22-25-41-39(27-33)36-14-6-9-31-10-7-15-42(46-41)43(31)36/h1-27H. The summed E-state index contributed by atoms with van der Waals surface area (Å²) in [4.78, 5) is 2.66. The van der Waals surface area contributed by atoms with Crippen molar-refractivity contribution in [1.29, 1.82) is 0 Å². The van der Waals surface area contributed by atoms with Crippen LogP contribution in [0.4, 0.5) is 0 Å². The van der Waals surface area contributed by atoms with Gasteiger partial charge < -0.3 is 4.57 Å². The third-order valence-electron chi connectivity index (χ3n) is 9.57. The molecule has 0 atom stereocenters. The van der Waals surface area contributed by atoms with Crippen molar-refractivity contribution in [3.8, 4) is 39.1 Å². The average molecular weight is 602 g/mol. The molecule has 0 amide bonds. The summed E-state index contributed by atoms with van der Waals surface area (Å²) in [7, 11) is 0. The molecular weight excluding hydrogens is 575 g/mol. The first kappa shape index (κ1) is 25.7. The van der Waals surface area contributed by atoms with Crippen molar-refractivity contribution in [2.75, 3.05) is 0 Å². The molecule has 1 aromatic heterocycles. The molecule has 0 saturated heterocycles. The molecule has 46 heavy (non-hydrogen) atoms. The summed E-state index contributed by atoms with van der Waals surface area (Å²) >= 11 is 1.88. The number of aromatic nitrogens is 1. The maximum atomic E-state index is 2.42. The predicted octanol–water partition coefficient (Wildman–Crippen LogP) is 12.6. The number of nitrogens with zero attached hydrogens (tertiary/aromatic N) is 1. The van der Waals surface area contributed by atoms with Crippen molar-refractivity contribution in [3.63, 3.8) is 0 Å². The molecule has 0 bridgehead atoms. The minimum absolute atomic E-state index is 1.18. The fourth-order valence-electron chi connectivity index (χ4n) is 7.40. The van der Waals surface area contributed by atoms with Crippen molar-refractivity contribution in [1.82, 2.24) is 4.57 Å². The predicted molar refractivity (Wildman–Crippen MR) is 196 cm³/mol. The molecule has 8 aromatic carbocycles. The highest BCUT2D eigenvalue weighted by Crippen LogP contribution is 2.49. The van der Waals surface area contributed by atoms with Crippen LogP contribution in [0.5, 0.6) is 0 Å². The summed E-state index contributed by atoms with van der Waals surface area (Å²) in [5.41, 5.74) is 11.2. The number of benzene rings is 8. The van der Waals surface area contributed by atoms with Gasteiger partial charge in [-0.1, -0.05) is 133 Å². The Labute approximate surface area is 271 Å². The van der Waals surface area contributed by atoms with Gasteiger partial charge in [-0.3, -0.25) is 0 Å². The Kier molecular flexibility index (Phi) is 5.58. The van der Waals surface area contributed by atoms with Crippen LogP contribution in [0.3, 0.4) is 0 Å². The highest BCUT2D eigenvalue weighted by molar-refractivity contribution is 7.99. The molecule has 0 saturated carbocycles. The van der Waals surface area contributed by atoms with Crippen LogP contribution in [0, 0.1) is 0 Å². The molecule has 0 spiro atoms. The molecule has 214 valence electrons. The quantitative estimate of drug-likeness (QED) is 0.195. The fourth-order valence-corrected chi connectivity index (χ4v) is 8.53. The molecule has 0 fully saturated rings. The second-order valence-electron chi connectivity index (χ2n) is 12.1. The SMILES string of the molecule is c1ccc(-n2c3ccc(-c4ccc(-c5ccc6c(c5)-c5cccc7cccc(c57)S6)cc4)cc3c3ccc4ccccc4c32)cc1. The van der Waals surface area contributed by atoms with Gasteiger partial charge in [0.15, 0.2) is 0 Å². The van der Waals surface area contributed by atoms with E-state index in [1.165, 1.54) is 92.2 Å². The Morgan fingerprint density at radius 3 is 1.93 bits per heavy atom. The molecule has 1 aliphatic rings. The number of para-hydroxylation sites is 1. The van der Waals surface area contributed by atoms with E-state index in [1.54, 1.807) is 0 Å². The van der Waals surface area contributed by atoms with Gasteiger partial charge in [0.2, 0.25) is 0 Å². The minimum Gasteiger partial charge on any atom is -0.309 e. The smallest absolute Gasteiger partial charge is 0.0619 e. The lowest BCUT2D eigenvalue weighted by atomic mass is 9.94. The van der Waals surface area contributed by atoms with Crippen LogP contribution in [-0.2, 0) is 0 Å². The van der Waals surface area contributed by atoms with Gasteiger partial charge in [0.1, 0.15) is 0 Å². The van der Waals surface area contributed by atoms with Gasteiger partial charge >= 0.3 is 0 Å². The molecular formula is C44H27NS. The Morgan fingerprint density at radius 1 is 0.391 bits per heavy atom. The molecule has 0 radical (unpaired) electrons. The molecule has 2 heteroatoms. The molecule has 0 unspecified atom stereocenters. The van der Waals surface area contributed by atoms with Crippen molar-refractivity contribution in [2.45, 2.75) is 9.79 Å². The third kappa shape index (κ3) is 3.84. The van der Waals surface area contributed by atoms with E-state index in [4.69, 9.17) is 0 Å². The first-order valence-electron chi connectivity index (χ1n) is 15.8. The maximum absolute atomic E-state index is 2.42. The van der Waals surface area contributed by atoms with Crippen LogP contribution in [0.25, 0.3) is 82.4 Å². The first-order chi connectivity index (χ1) is 22.8. The van der Waals surface area contributed by atoms with E-state index in [1.807, 2.05) is 11.8 Å². The van der Waals surface area contributed by atoms with Gasteiger partial charge in [0, 0.05) is 37.0 Å². The van der Waals surface area contributed by atoms with E-state index in [-0.39, 0.29) is 0 Å². The highest BCUT2D eigenvalue weighted by Gasteiger charge is 2.20. The maximum Gasteiger partial charge on any atom is 0.0619 e. The van der Waals surface area contributed by atoms with Crippen LogP contribution in [0.2, 0.25) is 0 Å². The molecule has 0 aliphatic carbocycles. The van der Waals surface area contributed by atoms with Crippen LogP contribution in [-0.4, -0.2) is 4.57 Å². The summed E-state index contributed by atoms with van der Waals surface area (Å²) < 4.78 is 2.42. The van der Waals surface area contributed by atoms with Crippen LogP contribution >= 0.6 is 11.8 Å². The van der Waals surface area contributed by atoms with Crippen LogP contribution < -0.4 is 0 Å². The van der Waals surface area contributed by atoms with Gasteiger partial charge in [-0.05, 0) is 86.6 Å². The Hall–Kier alpha value is -5.57. The Morgan fingerprint density at radius 2 is 1.09 bits per heavy atom. The van der Waals surface area contributed by atoms with Crippen LogP contribution in [0.1, 0.15) is 0 Å². The summed E-state index contributed by atoms with van der Waals surface area (Å²) in [6, 6.07) is 60.2. The molecule has 1 nitrogen and oxygen atoms in total. The molecule has 10 rings (SSSR count). The van der Waals surface area contributed by atoms with Gasteiger partial charge in [0.05, 0.1) is 11.0 Å². The van der Waals surface area contributed by atoms with Crippen molar-refractivity contribution < 1.29 is 0 Å². The Bertz CT molecular complexity index is 2640. The van der Waals surface area contributed by atoms with Crippen molar-refractivity contribution in [2.24, 2.45) is 0 Å². The average Bonchev–Trinajstić information content (AvgIpc) is 3.46. The van der Waals surface area contributed by atoms with Gasteiger partial charge in [-0.25, -0.2) is 0 Å².